The lowest BCUT2D eigenvalue weighted by Gasteiger charge is -2.07. The van der Waals surface area contributed by atoms with Crippen molar-refractivity contribution in [3.05, 3.63) is 78.5 Å². The zero-order chi connectivity index (χ0) is 29.5. The first-order valence-electron chi connectivity index (χ1n) is 11.2. The Morgan fingerprint density at radius 2 is 1.43 bits per heavy atom. The van der Waals surface area contributed by atoms with Gasteiger partial charge in [0.1, 0.15) is 17.3 Å². The molecule has 0 aliphatic carbocycles. The summed E-state index contributed by atoms with van der Waals surface area (Å²) in [6, 6.07) is 16.5. The van der Waals surface area contributed by atoms with Gasteiger partial charge in [0.15, 0.2) is 0 Å². The van der Waals surface area contributed by atoms with Gasteiger partial charge in [-0.1, -0.05) is 30.3 Å². The average Bonchev–Trinajstić information content (AvgIpc) is 3.27. The summed E-state index contributed by atoms with van der Waals surface area (Å²) in [6.07, 6.45) is -2.93. The van der Waals surface area contributed by atoms with Crippen molar-refractivity contribution < 1.29 is 46.1 Å². The van der Waals surface area contributed by atoms with Gasteiger partial charge in [-0.25, -0.2) is 19.6 Å². The maximum Gasteiger partial charge on any atom is 0.490 e. The molecule has 40 heavy (non-hydrogen) atoms. The van der Waals surface area contributed by atoms with Crippen LogP contribution in [0.5, 0.6) is 0 Å². The molecule has 210 valence electrons. The quantitative estimate of drug-likeness (QED) is 0.205. The van der Waals surface area contributed by atoms with Crippen molar-refractivity contribution in [2.24, 2.45) is 0 Å². The molecular weight excluding hydrogens is 548 g/mol. The van der Waals surface area contributed by atoms with E-state index >= 15 is 0 Å². The van der Waals surface area contributed by atoms with Crippen LogP contribution < -0.4 is 5.32 Å². The Morgan fingerprint density at radius 3 is 2.02 bits per heavy atom. The van der Waals surface area contributed by atoms with E-state index in [9.17, 15) is 26.3 Å². The number of imidazole rings is 1. The minimum Gasteiger partial charge on any atom is -0.475 e. The monoisotopic (exact) mass is 567 g/mol. The Bertz CT molecular complexity index is 1390. The van der Waals surface area contributed by atoms with Gasteiger partial charge in [0.05, 0.1) is 17.6 Å². The highest BCUT2D eigenvalue weighted by molar-refractivity contribution is 5.94. The van der Waals surface area contributed by atoms with Gasteiger partial charge in [-0.3, -0.25) is 4.98 Å². The third kappa shape index (κ3) is 7.78. The van der Waals surface area contributed by atoms with Crippen molar-refractivity contribution in [1.29, 1.82) is 0 Å². The largest absolute Gasteiger partial charge is 0.490 e. The summed E-state index contributed by atoms with van der Waals surface area (Å²) < 4.78 is 63.5. The van der Waals surface area contributed by atoms with Crippen LogP contribution in [0.1, 0.15) is 11.4 Å². The molecule has 1 aliphatic rings. The fraction of sp³-hybridized carbons (Fsp3) is 0.160. The number of anilines is 2. The minimum atomic E-state index is -5.08. The zero-order valence-corrected chi connectivity index (χ0v) is 20.1. The highest BCUT2D eigenvalue weighted by Gasteiger charge is 2.38. The van der Waals surface area contributed by atoms with Crippen molar-refractivity contribution in [2.45, 2.75) is 25.2 Å². The number of aliphatic carboxylic acids is 2. The molecule has 1 aliphatic heterocycles. The molecule has 4 aromatic rings. The molecule has 4 heterocycles. The predicted octanol–water partition coefficient (Wildman–Crippen LogP) is 5.64. The molecule has 0 fully saturated rings. The molecule has 5 rings (SSSR count). The number of carboxylic acids is 2. The molecule has 3 aromatic heterocycles. The van der Waals surface area contributed by atoms with E-state index in [1.54, 1.807) is 12.4 Å². The number of aromatic nitrogens is 4. The van der Waals surface area contributed by atoms with E-state index in [-0.39, 0.29) is 0 Å². The molecule has 0 unspecified atom stereocenters. The first kappa shape index (κ1) is 29.6. The van der Waals surface area contributed by atoms with Gasteiger partial charge < -0.3 is 20.5 Å². The number of nitrogens with one attached hydrogen (secondary N) is 2. The van der Waals surface area contributed by atoms with Crippen LogP contribution in [-0.2, 0) is 22.4 Å². The van der Waals surface area contributed by atoms with Crippen LogP contribution in [0.2, 0.25) is 0 Å². The summed E-state index contributed by atoms with van der Waals surface area (Å²) in [7, 11) is 0. The molecule has 0 atom stereocenters. The van der Waals surface area contributed by atoms with Crippen LogP contribution in [0.25, 0.3) is 22.5 Å². The maximum atomic E-state index is 10.6. The van der Waals surface area contributed by atoms with Crippen molar-refractivity contribution >= 4 is 23.4 Å². The van der Waals surface area contributed by atoms with E-state index in [2.05, 4.69) is 50.6 Å². The third-order valence-corrected chi connectivity index (χ3v) is 5.14. The number of benzene rings is 1. The minimum absolute atomic E-state index is 0.807. The Hall–Kier alpha value is -4.95. The highest BCUT2D eigenvalue weighted by Crippen LogP contribution is 2.41. The molecule has 9 nitrogen and oxygen atoms in total. The highest BCUT2D eigenvalue weighted by atomic mass is 19.4. The molecule has 1 aromatic carbocycles. The third-order valence-electron chi connectivity index (χ3n) is 5.14. The summed E-state index contributed by atoms with van der Waals surface area (Å²) in [5, 5.41) is 17.6. The fourth-order valence-electron chi connectivity index (χ4n) is 3.37. The summed E-state index contributed by atoms with van der Waals surface area (Å²) in [5.41, 5.74) is 6.27. The summed E-state index contributed by atoms with van der Waals surface area (Å²) in [5.74, 6) is -3.72. The van der Waals surface area contributed by atoms with E-state index < -0.39 is 24.3 Å². The molecule has 4 N–H and O–H groups in total. The van der Waals surface area contributed by atoms with Gasteiger partial charge in [-0.05, 0) is 30.2 Å². The Balaban J connectivity index is 0.000000263. The number of aromatic amines is 1. The van der Waals surface area contributed by atoms with Crippen LogP contribution in [0.15, 0.2) is 67.1 Å². The molecule has 0 spiro atoms. The second-order valence-corrected chi connectivity index (χ2v) is 7.94. The second kappa shape index (κ2) is 12.3. The van der Waals surface area contributed by atoms with Crippen LogP contribution in [0.3, 0.4) is 0 Å². The molecular formula is C25H19F6N5O4. The molecule has 0 saturated heterocycles. The Kier molecular flexibility index (Phi) is 9.08. The van der Waals surface area contributed by atoms with Gasteiger partial charge in [0.25, 0.3) is 0 Å². The van der Waals surface area contributed by atoms with Crippen molar-refractivity contribution in [3.63, 3.8) is 0 Å². The second-order valence-electron chi connectivity index (χ2n) is 7.94. The molecule has 0 saturated carbocycles. The summed E-state index contributed by atoms with van der Waals surface area (Å²) >= 11 is 0. The average molecular weight is 567 g/mol. The predicted molar refractivity (Wildman–Crippen MR) is 130 cm³/mol. The summed E-state index contributed by atoms with van der Waals surface area (Å²) in [4.78, 5) is 35.0. The number of alkyl halides is 6. The number of nitrogens with zero attached hydrogens (tertiary/aromatic N) is 3. The number of pyridine rings is 2. The molecule has 0 bridgehead atoms. The number of hydrogen-bond acceptors (Lipinski definition) is 6. The van der Waals surface area contributed by atoms with Gasteiger partial charge in [-0.15, -0.1) is 0 Å². The number of fused-ring (bicyclic) bond motifs is 5. The summed E-state index contributed by atoms with van der Waals surface area (Å²) in [6.45, 7) is 0. The van der Waals surface area contributed by atoms with Crippen LogP contribution in [0.4, 0.5) is 37.8 Å². The Labute approximate surface area is 221 Å². The van der Waals surface area contributed by atoms with E-state index in [4.69, 9.17) is 24.8 Å². The SMILES string of the molecule is O=C(O)C(F)(F)F.O=C(O)C(F)(F)F.c1ccc(CCc2nc3c([nH]2)-c2ccncc2Nc2ncccc2-3)cc1. The molecule has 0 radical (unpaired) electrons. The Morgan fingerprint density at radius 1 is 0.800 bits per heavy atom. The van der Waals surface area contributed by atoms with E-state index in [1.165, 1.54) is 5.56 Å². The van der Waals surface area contributed by atoms with E-state index in [0.29, 0.717) is 0 Å². The van der Waals surface area contributed by atoms with Crippen LogP contribution in [0, 0.1) is 0 Å². The number of carboxylic acid groups (broad SMARTS) is 2. The number of rotatable bonds is 3. The van der Waals surface area contributed by atoms with Crippen LogP contribution in [-0.4, -0.2) is 54.4 Å². The first-order valence-corrected chi connectivity index (χ1v) is 11.2. The normalized spacial score (nSPS) is 11.6. The molecule has 15 heteroatoms. The number of aryl methyl sites for hydroxylation is 2. The topological polar surface area (TPSA) is 141 Å². The molecule has 0 amide bonds. The lowest BCUT2D eigenvalue weighted by atomic mass is 10.1. The number of H-pyrrole nitrogens is 1. The lowest BCUT2D eigenvalue weighted by molar-refractivity contribution is -0.193. The smallest absolute Gasteiger partial charge is 0.475 e. The van der Waals surface area contributed by atoms with Crippen molar-refractivity contribution in [2.75, 3.05) is 5.32 Å². The van der Waals surface area contributed by atoms with Gasteiger partial charge in [0.2, 0.25) is 0 Å². The standard InChI is InChI=1S/C21H17N5.2C2HF3O2/c1-2-5-14(6-3-1)8-9-18-25-19-15-10-12-22-13-17(15)24-21-16(20(19)26-18)7-4-11-23-21;2*3-2(4,5)1(6)7/h1-7,10-13H,8-9H2,(H,23,24)(H,25,26);2*(H,6,7). The zero-order valence-electron chi connectivity index (χ0n) is 20.1. The number of carbonyl (C=O) groups is 2. The van der Waals surface area contributed by atoms with Crippen molar-refractivity contribution in [1.82, 2.24) is 19.9 Å². The van der Waals surface area contributed by atoms with Crippen molar-refractivity contribution in [3.8, 4) is 22.5 Å². The van der Waals surface area contributed by atoms with Gasteiger partial charge in [-0.2, -0.15) is 26.3 Å². The van der Waals surface area contributed by atoms with Gasteiger partial charge in [0, 0.05) is 29.9 Å². The first-order chi connectivity index (χ1) is 18.8. The number of hydrogen-bond donors (Lipinski definition) is 4. The maximum absolute atomic E-state index is 10.6. The number of halogens is 6. The van der Waals surface area contributed by atoms with E-state index in [0.717, 1.165) is 52.7 Å². The fourth-order valence-corrected chi connectivity index (χ4v) is 3.37. The van der Waals surface area contributed by atoms with Gasteiger partial charge >= 0.3 is 24.3 Å². The van der Waals surface area contributed by atoms with Crippen LogP contribution >= 0.6 is 0 Å². The van der Waals surface area contributed by atoms with E-state index in [1.807, 2.05) is 24.4 Å². The lowest BCUT2D eigenvalue weighted by Crippen LogP contribution is -2.21.